The number of hydrogen-bond donors (Lipinski definition) is 2. The number of carbonyl (C=O) groups excluding carboxylic acids is 2. The van der Waals surface area contributed by atoms with Crippen LogP contribution in [-0.4, -0.2) is 33.5 Å². The van der Waals surface area contributed by atoms with E-state index in [9.17, 15) is 9.59 Å². The van der Waals surface area contributed by atoms with E-state index < -0.39 is 5.97 Å². The third-order valence-electron chi connectivity index (χ3n) is 5.60. The smallest absolute Gasteiger partial charge is 0.338 e. The van der Waals surface area contributed by atoms with Crippen LogP contribution in [0.5, 0.6) is 0 Å². The summed E-state index contributed by atoms with van der Waals surface area (Å²) >= 11 is 0. The highest BCUT2D eigenvalue weighted by atomic mass is 16.5. The van der Waals surface area contributed by atoms with Crippen LogP contribution in [0.4, 0.5) is 11.4 Å². The molecule has 1 aliphatic rings. The van der Waals surface area contributed by atoms with E-state index in [4.69, 9.17) is 4.74 Å². The summed E-state index contributed by atoms with van der Waals surface area (Å²) in [5.74, 6) is -0.664. The van der Waals surface area contributed by atoms with Crippen molar-refractivity contribution in [2.24, 2.45) is 0 Å². The molecule has 0 fully saturated rings. The van der Waals surface area contributed by atoms with Crippen LogP contribution >= 0.6 is 0 Å². The van der Waals surface area contributed by atoms with Gasteiger partial charge in [0.15, 0.2) is 0 Å². The summed E-state index contributed by atoms with van der Waals surface area (Å²) in [7, 11) is 0. The zero-order valence-electron chi connectivity index (χ0n) is 19.1. The van der Waals surface area contributed by atoms with Gasteiger partial charge < -0.3 is 15.4 Å². The Kier molecular flexibility index (Phi) is 6.09. The maximum absolute atomic E-state index is 13.1. The quantitative estimate of drug-likeness (QED) is 0.309. The van der Waals surface area contributed by atoms with Crippen molar-refractivity contribution in [3.63, 3.8) is 0 Å². The SMILES string of the molecule is CCOC(=O)c1ccc2c(c1)NC(=O)C2=C(Nc1ccc(Cn2nccn2)cc1)c1ccccc1. The predicted molar refractivity (Wildman–Crippen MR) is 133 cm³/mol. The maximum atomic E-state index is 13.1. The Hall–Kier alpha value is -4.72. The van der Waals surface area contributed by atoms with Crippen molar-refractivity contribution in [2.45, 2.75) is 13.5 Å². The van der Waals surface area contributed by atoms with Crippen LogP contribution < -0.4 is 10.6 Å². The average molecular weight is 466 g/mol. The summed E-state index contributed by atoms with van der Waals surface area (Å²) in [6, 6.07) is 22.7. The van der Waals surface area contributed by atoms with Gasteiger partial charge in [0.2, 0.25) is 0 Å². The molecule has 174 valence electrons. The number of ether oxygens (including phenoxy) is 1. The Balaban J connectivity index is 1.51. The Morgan fingerprint density at radius 3 is 2.43 bits per heavy atom. The standard InChI is InChI=1S/C27H23N5O3/c1-2-35-27(34)20-10-13-22-23(16-20)31-26(33)24(22)25(19-6-4-3-5-7-19)30-21-11-8-18(9-12-21)17-32-28-14-15-29-32/h3-16,30H,2,17H2,1H3,(H,31,33). The molecule has 0 aliphatic carbocycles. The summed E-state index contributed by atoms with van der Waals surface area (Å²) < 4.78 is 5.09. The molecule has 4 aromatic rings. The second-order valence-corrected chi connectivity index (χ2v) is 7.93. The molecule has 0 bridgehead atoms. The van der Waals surface area contributed by atoms with E-state index in [2.05, 4.69) is 20.8 Å². The highest BCUT2D eigenvalue weighted by Gasteiger charge is 2.29. The van der Waals surface area contributed by atoms with Crippen molar-refractivity contribution in [3.05, 3.63) is 107 Å². The van der Waals surface area contributed by atoms with Crippen LogP contribution in [0.15, 0.2) is 85.2 Å². The van der Waals surface area contributed by atoms with Gasteiger partial charge in [-0.15, -0.1) is 0 Å². The molecule has 0 radical (unpaired) electrons. The normalized spacial score (nSPS) is 13.7. The fourth-order valence-corrected chi connectivity index (χ4v) is 3.97. The minimum atomic E-state index is -0.422. The Bertz CT molecular complexity index is 1390. The van der Waals surface area contributed by atoms with E-state index in [0.29, 0.717) is 29.1 Å². The maximum Gasteiger partial charge on any atom is 0.338 e. The molecule has 35 heavy (non-hydrogen) atoms. The number of hydrogen-bond acceptors (Lipinski definition) is 6. The largest absolute Gasteiger partial charge is 0.462 e. The van der Waals surface area contributed by atoms with Gasteiger partial charge in [-0.3, -0.25) is 4.79 Å². The fraction of sp³-hybridized carbons (Fsp3) is 0.111. The van der Waals surface area contributed by atoms with E-state index in [1.165, 1.54) is 0 Å². The summed E-state index contributed by atoms with van der Waals surface area (Å²) in [5.41, 5.74) is 5.62. The molecule has 0 spiro atoms. The van der Waals surface area contributed by atoms with Crippen molar-refractivity contribution in [1.29, 1.82) is 0 Å². The first-order chi connectivity index (χ1) is 17.1. The number of carbonyl (C=O) groups is 2. The molecule has 5 rings (SSSR count). The molecule has 0 saturated heterocycles. The number of benzene rings is 3. The second-order valence-electron chi connectivity index (χ2n) is 7.93. The van der Waals surface area contributed by atoms with Gasteiger partial charge in [-0.2, -0.15) is 15.0 Å². The molecule has 1 aliphatic heterocycles. The van der Waals surface area contributed by atoms with Crippen molar-refractivity contribution in [2.75, 3.05) is 17.2 Å². The number of fused-ring (bicyclic) bond motifs is 1. The molecular formula is C27H23N5O3. The third-order valence-corrected chi connectivity index (χ3v) is 5.60. The van der Waals surface area contributed by atoms with E-state index in [1.807, 2.05) is 54.6 Å². The van der Waals surface area contributed by atoms with Crippen molar-refractivity contribution < 1.29 is 14.3 Å². The van der Waals surface area contributed by atoms with E-state index in [-0.39, 0.29) is 12.5 Å². The minimum Gasteiger partial charge on any atom is -0.462 e. The molecule has 1 aromatic heterocycles. The van der Waals surface area contributed by atoms with Gasteiger partial charge >= 0.3 is 5.97 Å². The molecule has 8 heteroatoms. The molecule has 8 nitrogen and oxygen atoms in total. The highest BCUT2D eigenvalue weighted by Crippen LogP contribution is 2.38. The monoisotopic (exact) mass is 465 g/mol. The predicted octanol–water partition coefficient (Wildman–Crippen LogP) is 4.44. The molecule has 2 heterocycles. The van der Waals surface area contributed by atoms with Gasteiger partial charge in [0.05, 0.1) is 48.1 Å². The lowest BCUT2D eigenvalue weighted by atomic mass is 9.99. The van der Waals surface area contributed by atoms with Gasteiger partial charge in [-0.1, -0.05) is 48.5 Å². The lowest BCUT2D eigenvalue weighted by Crippen LogP contribution is -2.10. The average Bonchev–Trinajstić information content (AvgIpc) is 3.50. The Labute approximate surface area is 202 Å². The Morgan fingerprint density at radius 2 is 1.71 bits per heavy atom. The molecule has 3 aromatic carbocycles. The molecule has 0 saturated carbocycles. The number of esters is 1. The molecule has 0 atom stereocenters. The van der Waals surface area contributed by atoms with Crippen molar-refractivity contribution >= 4 is 34.5 Å². The molecule has 2 N–H and O–H groups in total. The van der Waals surface area contributed by atoms with E-state index in [0.717, 1.165) is 22.4 Å². The highest BCUT2D eigenvalue weighted by molar-refractivity contribution is 6.37. The van der Waals surface area contributed by atoms with Gasteiger partial charge in [-0.05, 0) is 42.3 Å². The minimum absolute atomic E-state index is 0.242. The summed E-state index contributed by atoms with van der Waals surface area (Å²) in [4.78, 5) is 26.9. The summed E-state index contributed by atoms with van der Waals surface area (Å²) in [5, 5.41) is 14.6. The van der Waals surface area contributed by atoms with Crippen molar-refractivity contribution in [3.8, 4) is 0 Å². The first-order valence-corrected chi connectivity index (χ1v) is 11.2. The lowest BCUT2D eigenvalue weighted by Gasteiger charge is -2.15. The second kappa shape index (κ2) is 9.64. The first-order valence-electron chi connectivity index (χ1n) is 11.2. The number of anilines is 2. The van der Waals surface area contributed by atoms with Crippen molar-refractivity contribution in [1.82, 2.24) is 15.0 Å². The van der Waals surface area contributed by atoms with Crippen LogP contribution in [0, 0.1) is 0 Å². The van der Waals surface area contributed by atoms with Crippen LogP contribution in [0.25, 0.3) is 11.3 Å². The topological polar surface area (TPSA) is 98.1 Å². The summed E-state index contributed by atoms with van der Waals surface area (Å²) in [6.07, 6.45) is 3.29. The van der Waals surface area contributed by atoms with E-state index in [1.54, 1.807) is 42.3 Å². The number of nitrogens with zero attached hydrogens (tertiary/aromatic N) is 3. The number of rotatable bonds is 7. The molecular weight excluding hydrogens is 442 g/mol. The molecule has 1 amide bonds. The number of nitrogens with one attached hydrogen (secondary N) is 2. The van der Waals surface area contributed by atoms with Crippen LogP contribution in [0.2, 0.25) is 0 Å². The fourth-order valence-electron chi connectivity index (χ4n) is 3.97. The van der Waals surface area contributed by atoms with E-state index >= 15 is 0 Å². The third kappa shape index (κ3) is 4.67. The van der Waals surface area contributed by atoms with Gasteiger partial charge in [0.1, 0.15) is 0 Å². The zero-order valence-corrected chi connectivity index (χ0v) is 19.1. The number of amides is 1. The van der Waals surface area contributed by atoms with Gasteiger partial charge in [-0.25, -0.2) is 4.79 Å². The zero-order chi connectivity index (χ0) is 24.2. The van der Waals surface area contributed by atoms with Gasteiger partial charge in [0.25, 0.3) is 5.91 Å². The number of aromatic nitrogens is 3. The van der Waals surface area contributed by atoms with Crippen LogP contribution in [-0.2, 0) is 16.1 Å². The summed E-state index contributed by atoms with van der Waals surface area (Å²) in [6.45, 7) is 2.61. The lowest BCUT2D eigenvalue weighted by molar-refractivity contribution is -0.110. The van der Waals surface area contributed by atoms with Crippen LogP contribution in [0.3, 0.4) is 0 Å². The van der Waals surface area contributed by atoms with Crippen LogP contribution in [0.1, 0.15) is 34.0 Å². The Morgan fingerprint density at radius 1 is 0.971 bits per heavy atom. The molecule has 0 unspecified atom stereocenters. The van der Waals surface area contributed by atoms with Gasteiger partial charge in [0, 0.05) is 11.3 Å². The first kappa shape index (κ1) is 22.1.